The van der Waals surface area contributed by atoms with Crippen molar-refractivity contribution >= 4 is 17.2 Å². The van der Waals surface area contributed by atoms with E-state index >= 15 is 0 Å². The van der Waals surface area contributed by atoms with Crippen LogP contribution in [0.25, 0.3) is 5.65 Å². The Morgan fingerprint density at radius 2 is 1.96 bits per heavy atom. The lowest BCUT2D eigenvalue weighted by Gasteiger charge is -2.32. The largest absolute Gasteiger partial charge is 0.338 e. The van der Waals surface area contributed by atoms with Gasteiger partial charge in [-0.2, -0.15) is 0 Å². The molecule has 0 radical (unpaired) electrons. The maximum atomic E-state index is 12.9. The summed E-state index contributed by atoms with van der Waals surface area (Å²) >= 11 is 0. The Bertz CT molecular complexity index is 984. The predicted octanol–water partition coefficient (Wildman–Crippen LogP) is 2.66. The lowest BCUT2D eigenvalue weighted by molar-refractivity contribution is -0.385. The molecule has 1 aliphatic rings. The van der Waals surface area contributed by atoms with Crippen LogP contribution in [0.1, 0.15) is 34.9 Å². The van der Waals surface area contributed by atoms with Gasteiger partial charge < -0.3 is 4.90 Å². The molecule has 0 saturated carbocycles. The lowest BCUT2D eigenvalue weighted by atomic mass is 9.96. The van der Waals surface area contributed by atoms with Crippen LogP contribution in [-0.4, -0.2) is 43.4 Å². The summed E-state index contributed by atoms with van der Waals surface area (Å²) in [6.45, 7) is 1.05. The highest BCUT2D eigenvalue weighted by Crippen LogP contribution is 2.28. The number of para-hydroxylation sites is 1. The molecule has 0 aliphatic carbocycles. The van der Waals surface area contributed by atoms with Gasteiger partial charge in [-0.05, 0) is 31.0 Å². The van der Waals surface area contributed by atoms with Crippen LogP contribution >= 0.6 is 0 Å². The summed E-state index contributed by atoms with van der Waals surface area (Å²) in [7, 11) is 0. The molecule has 26 heavy (non-hydrogen) atoms. The minimum absolute atomic E-state index is 0.0490. The molecule has 8 heteroatoms. The van der Waals surface area contributed by atoms with E-state index in [2.05, 4.69) is 10.2 Å². The first-order valence-electron chi connectivity index (χ1n) is 8.47. The fourth-order valence-corrected chi connectivity index (χ4v) is 3.49. The molecular weight excluding hydrogens is 334 g/mol. The van der Waals surface area contributed by atoms with E-state index in [0.717, 1.165) is 24.3 Å². The highest BCUT2D eigenvalue weighted by atomic mass is 16.6. The zero-order valence-corrected chi connectivity index (χ0v) is 14.0. The Morgan fingerprint density at radius 3 is 2.81 bits per heavy atom. The number of carbonyl (C=O) groups is 1. The third-order valence-corrected chi connectivity index (χ3v) is 4.75. The molecule has 1 saturated heterocycles. The minimum atomic E-state index is -0.513. The lowest BCUT2D eigenvalue weighted by Crippen LogP contribution is -2.39. The van der Waals surface area contributed by atoms with Crippen LogP contribution in [-0.2, 0) is 0 Å². The SMILES string of the molecule is O=C(c1ccccc1[N+](=O)[O-])N1CCCC(c2nnc3ccccn23)C1. The van der Waals surface area contributed by atoms with Crippen molar-refractivity contribution in [1.82, 2.24) is 19.5 Å². The Kier molecular flexibility index (Phi) is 4.08. The van der Waals surface area contributed by atoms with E-state index in [9.17, 15) is 14.9 Å². The molecule has 1 fully saturated rings. The Labute approximate surface area is 149 Å². The van der Waals surface area contributed by atoms with E-state index in [4.69, 9.17) is 0 Å². The third-order valence-electron chi connectivity index (χ3n) is 4.75. The third kappa shape index (κ3) is 2.79. The number of hydrogen-bond donors (Lipinski definition) is 0. The van der Waals surface area contributed by atoms with E-state index in [1.165, 1.54) is 12.1 Å². The predicted molar refractivity (Wildman–Crippen MR) is 94.0 cm³/mol. The standard InChI is InChI=1S/C18H17N5O3/c24-18(14-7-1-2-8-15(14)23(25)26)21-10-5-6-13(12-21)17-20-19-16-9-3-4-11-22(16)17/h1-4,7-9,11,13H,5-6,10,12H2. The molecule has 3 heterocycles. The number of piperidine rings is 1. The van der Waals surface area contributed by atoms with Gasteiger partial charge in [-0.3, -0.25) is 19.3 Å². The number of likely N-dealkylation sites (tertiary alicyclic amines) is 1. The van der Waals surface area contributed by atoms with Gasteiger partial charge in [0.05, 0.1) is 4.92 Å². The first kappa shape index (κ1) is 16.2. The van der Waals surface area contributed by atoms with Crippen molar-refractivity contribution in [2.24, 2.45) is 0 Å². The molecule has 0 N–H and O–H groups in total. The molecule has 3 aromatic rings. The molecule has 8 nitrogen and oxygen atoms in total. The molecule has 1 atom stereocenters. The molecular formula is C18H17N5O3. The zero-order chi connectivity index (χ0) is 18.1. The van der Waals surface area contributed by atoms with Crippen LogP contribution < -0.4 is 0 Å². The smallest absolute Gasteiger partial charge is 0.282 e. The van der Waals surface area contributed by atoms with Crippen molar-refractivity contribution < 1.29 is 9.72 Å². The molecule has 132 valence electrons. The molecule has 1 unspecified atom stereocenters. The van der Waals surface area contributed by atoms with Crippen LogP contribution in [0.3, 0.4) is 0 Å². The van der Waals surface area contributed by atoms with Gasteiger partial charge in [-0.1, -0.05) is 18.2 Å². The summed E-state index contributed by atoms with van der Waals surface area (Å²) in [5.41, 5.74) is 0.737. The van der Waals surface area contributed by atoms with Gasteiger partial charge in [0.25, 0.3) is 11.6 Å². The molecule has 1 amide bonds. The summed E-state index contributed by atoms with van der Waals surface area (Å²) in [4.78, 5) is 25.3. The second kappa shape index (κ2) is 6.55. The number of carbonyl (C=O) groups excluding carboxylic acids is 1. The summed E-state index contributed by atoms with van der Waals surface area (Å²) in [5.74, 6) is 0.560. The number of hydrogen-bond acceptors (Lipinski definition) is 5. The molecule has 0 bridgehead atoms. The van der Waals surface area contributed by atoms with E-state index in [0.29, 0.717) is 13.1 Å². The van der Waals surface area contributed by atoms with E-state index in [-0.39, 0.29) is 23.1 Å². The second-order valence-electron chi connectivity index (χ2n) is 6.35. The van der Waals surface area contributed by atoms with Crippen molar-refractivity contribution in [3.05, 3.63) is 70.2 Å². The van der Waals surface area contributed by atoms with Gasteiger partial charge in [-0.25, -0.2) is 0 Å². The highest BCUT2D eigenvalue weighted by Gasteiger charge is 2.31. The summed E-state index contributed by atoms with van der Waals surface area (Å²) in [6.07, 6.45) is 3.63. The van der Waals surface area contributed by atoms with Gasteiger partial charge in [0.1, 0.15) is 11.4 Å². The van der Waals surface area contributed by atoms with Crippen molar-refractivity contribution in [3.63, 3.8) is 0 Å². The fraction of sp³-hybridized carbons (Fsp3) is 0.278. The number of amides is 1. The molecule has 4 rings (SSSR count). The number of pyridine rings is 1. The van der Waals surface area contributed by atoms with Crippen LogP contribution in [0, 0.1) is 10.1 Å². The molecule has 1 aliphatic heterocycles. The summed E-state index contributed by atoms with van der Waals surface area (Å²) < 4.78 is 1.93. The fourth-order valence-electron chi connectivity index (χ4n) is 3.49. The van der Waals surface area contributed by atoms with Crippen molar-refractivity contribution in [1.29, 1.82) is 0 Å². The molecule has 1 aromatic carbocycles. The Balaban J connectivity index is 1.61. The number of fused-ring (bicyclic) bond motifs is 1. The molecule has 0 spiro atoms. The summed E-state index contributed by atoms with van der Waals surface area (Å²) in [6, 6.07) is 11.8. The minimum Gasteiger partial charge on any atom is -0.338 e. The van der Waals surface area contributed by atoms with Gasteiger partial charge in [0.15, 0.2) is 5.65 Å². The number of rotatable bonds is 3. The van der Waals surface area contributed by atoms with Crippen molar-refractivity contribution in [2.45, 2.75) is 18.8 Å². The Morgan fingerprint density at radius 1 is 1.15 bits per heavy atom. The molecule has 2 aromatic heterocycles. The Hall–Kier alpha value is -3.29. The first-order chi connectivity index (χ1) is 12.6. The normalized spacial score (nSPS) is 17.4. The second-order valence-corrected chi connectivity index (χ2v) is 6.35. The van der Waals surface area contributed by atoms with Crippen molar-refractivity contribution in [2.75, 3.05) is 13.1 Å². The van der Waals surface area contributed by atoms with Crippen LogP contribution in [0.2, 0.25) is 0 Å². The zero-order valence-electron chi connectivity index (χ0n) is 14.0. The van der Waals surface area contributed by atoms with Gasteiger partial charge in [0, 0.05) is 31.3 Å². The topological polar surface area (TPSA) is 93.6 Å². The van der Waals surface area contributed by atoms with E-state index in [1.807, 2.05) is 28.8 Å². The quantitative estimate of drug-likeness (QED) is 0.534. The number of nitro groups is 1. The summed E-state index contributed by atoms with van der Waals surface area (Å²) in [5, 5.41) is 19.7. The van der Waals surface area contributed by atoms with Gasteiger partial charge in [-0.15, -0.1) is 10.2 Å². The highest BCUT2D eigenvalue weighted by molar-refractivity contribution is 5.98. The van der Waals surface area contributed by atoms with Crippen LogP contribution in [0.15, 0.2) is 48.7 Å². The maximum Gasteiger partial charge on any atom is 0.282 e. The van der Waals surface area contributed by atoms with Crippen LogP contribution in [0.4, 0.5) is 5.69 Å². The van der Waals surface area contributed by atoms with Crippen molar-refractivity contribution in [3.8, 4) is 0 Å². The maximum absolute atomic E-state index is 12.9. The van der Waals surface area contributed by atoms with E-state index < -0.39 is 4.92 Å². The number of nitrogens with zero attached hydrogens (tertiary/aromatic N) is 5. The van der Waals surface area contributed by atoms with Gasteiger partial charge >= 0.3 is 0 Å². The number of aromatic nitrogens is 3. The number of benzene rings is 1. The average molecular weight is 351 g/mol. The number of nitro benzene ring substituents is 1. The van der Waals surface area contributed by atoms with Crippen LogP contribution in [0.5, 0.6) is 0 Å². The first-order valence-corrected chi connectivity index (χ1v) is 8.47. The van der Waals surface area contributed by atoms with Gasteiger partial charge in [0.2, 0.25) is 0 Å². The van der Waals surface area contributed by atoms with E-state index in [1.54, 1.807) is 17.0 Å². The average Bonchev–Trinajstić information content (AvgIpc) is 3.11. The monoisotopic (exact) mass is 351 g/mol.